The molecule has 2 saturated heterocycles. The van der Waals surface area contributed by atoms with Crippen molar-refractivity contribution in [3.8, 4) is 0 Å². The molecule has 4 heterocycles. The van der Waals surface area contributed by atoms with E-state index >= 15 is 0 Å². The van der Waals surface area contributed by atoms with Crippen molar-refractivity contribution in [1.29, 1.82) is 0 Å². The summed E-state index contributed by atoms with van der Waals surface area (Å²) in [5, 5.41) is -0.259. The molecule has 3 aliphatic rings. The van der Waals surface area contributed by atoms with E-state index in [1.54, 1.807) is 4.90 Å². The number of thioether (sulfide) groups is 1. The minimum atomic E-state index is -0.799. The molecular formula is C26H21BrFN3O5S2. The lowest BCUT2D eigenvalue weighted by molar-refractivity contribution is -0.136. The van der Waals surface area contributed by atoms with Crippen LogP contribution in [0.4, 0.5) is 10.1 Å². The molecule has 3 aliphatic heterocycles. The highest BCUT2D eigenvalue weighted by Crippen LogP contribution is 2.53. The van der Waals surface area contributed by atoms with Crippen LogP contribution in [0.1, 0.15) is 16.4 Å². The van der Waals surface area contributed by atoms with Gasteiger partial charge in [0.25, 0.3) is 0 Å². The first-order valence-corrected chi connectivity index (χ1v) is 14.5. The van der Waals surface area contributed by atoms with E-state index in [9.17, 15) is 23.6 Å². The molecule has 2 aromatic carbocycles. The van der Waals surface area contributed by atoms with Gasteiger partial charge in [-0.1, -0.05) is 51.2 Å². The Morgan fingerprint density at radius 3 is 2.37 bits per heavy atom. The minimum Gasteiger partial charge on any atom is -0.378 e. The van der Waals surface area contributed by atoms with Gasteiger partial charge in [-0.3, -0.25) is 23.7 Å². The van der Waals surface area contributed by atoms with Gasteiger partial charge in [-0.15, -0.1) is 0 Å². The number of halogens is 2. The monoisotopic (exact) mass is 617 g/mol. The Morgan fingerprint density at radius 2 is 1.68 bits per heavy atom. The van der Waals surface area contributed by atoms with Crippen LogP contribution in [0.5, 0.6) is 0 Å². The number of imide groups is 1. The number of anilines is 1. The average molecular weight is 619 g/mol. The summed E-state index contributed by atoms with van der Waals surface area (Å²) in [6, 6.07) is 12.7. The third-order valence-electron chi connectivity index (χ3n) is 7.02. The molecule has 0 saturated carbocycles. The number of hydrogen-bond acceptors (Lipinski definition) is 7. The second kappa shape index (κ2) is 10.1. The zero-order chi connectivity index (χ0) is 26.6. The number of rotatable bonds is 4. The smallest absolute Gasteiger partial charge is 0.308 e. The Labute approximate surface area is 233 Å². The SMILES string of the molecule is O=C(Cn1c2c(sc1=O)[C@@H](c1ccc(Br)cc1)[C@@H]1C(=O)N(c3ccc(F)cc3)C(=O)[C@@H]1S2)N1CCOCC1. The number of hydrogen-bond donors (Lipinski definition) is 0. The second-order valence-electron chi connectivity index (χ2n) is 9.20. The number of ether oxygens (including phenoxy) is 1. The van der Waals surface area contributed by atoms with Gasteiger partial charge in [-0.25, -0.2) is 9.29 Å². The first-order chi connectivity index (χ1) is 18.3. The summed E-state index contributed by atoms with van der Waals surface area (Å²) >= 11 is 5.61. The molecule has 3 amide bonds. The van der Waals surface area contributed by atoms with Gasteiger partial charge in [0, 0.05) is 28.4 Å². The maximum absolute atomic E-state index is 13.8. The Hall–Kier alpha value is -2.80. The number of morpholine rings is 1. The second-order valence-corrected chi connectivity index (χ2v) is 12.2. The molecule has 0 spiro atoms. The highest BCUT2D eigenvalue weighted by Gasteiger charge is 2.56. The van der Waals surface area contributed by atoms with Crippen LogP contribution in [0, 0.1) is 11.7 Å². The Kier molecular flexibility index (Phi) is 6.75. The molecule has 0 unspecified atom stereocenters. The summed E-state index contributed by atoms with van der Waals surface area (Å²) in [6.07, 6.45) is 0. The topological polar surface area (TPSA) is 88.9 Å². The van der Waals surface area contributed by atoms with Crippen LogP contribution in [0.3, 0.4) is 0 Å². The number of fused-ring (bicyclic) bond motifs is 2. The molecule has 6 rings (SSSR count). The Balaban J connectivity index is 1.43. The molecule has 3 aromatic rings. The van der Waals surface area contributed by atoms with Gasteiger partial charge in [0.1, 0.15) is 17.6 Å². The highest BCUT2D eigenvalue weighted by molar-refractivity contribution is 9.10. The van der Waals surface area contributed by atoms with Crippen molar-refractivity contribution in [1.82, 2.24) is 9.47 Å². The largest absolute Gasteiger partial charge is 0.378 e. The molecule has 12 heteroatoms. The lowest BCUT2D eigenvalue weighted by atomic mass is 9.83. The van der Waals surface area contributed by atoms with Gasteiger partial charge in [0.15, 0.2) is 0 Å². The van der Waals surface area contributed by atoms with Crippen LogP contribution in [-0.2, 0) is 25.7 Å². The zero-order valence-corrected chi connectivity index (χ0v) is 23.1. The van der Waals surface area contributed by atoms with Crippen molar-refractivity contribution in [2.45, 2.75) is 22.7 Å². The summed E-state index contributed by atoms with van der Waals surface area (Å²) < 4.78 is 21.2. The summed E-state index contributed by atoms with van der Waals surface area (Å²) in [5.74, 6) is -2.79. The first kappa shape index (κ1) is 25.5. The molecule has 196 valence electrons. The van der Waals surface area contributed by atoms with E-state index in [-0.39, 0.29) is 17.3 Å². The van der Waals surface area contributed by atoms with Gasteiger partial charge in [-0.2, -0.15) is 0 Å². The molecule has 0 bridgehead atoms. The molecular weight excluding hydrogens is 597 g/mol. The highest BCUT2D eigenvalue weighted by atomic mass is 79.9. The van der Waals surface area contributed by atoms with Crippen molar-refractivity contribution in [2.24, 2.45) is 5.92 Å². The molecule has 3 atom stereocenters. The fraction of sp³-hybridized carbons (Fsp3) is 0.308. The molecule has 1 aromatic heterocycles. The number of amides is 3. The van der Waals surface area contributed by atoms with E-state index in [0.717, 1.165) is 38.0 Å². The van der Waals surface area contributed by atoms with E-state index in [0.29, 0.717) is 41.9 Å². The number of nitrogens with zero attached hydrogens (tertiary/aromatic N) is 3. The normalized spacial score (nSPS) is 22.9. The molecule has 8 nitrogen and oxygen atoms in total. The van der Waals surface area contributed by atoms with Gasteiger partial charge in [0.05, 0.1) is 29.8 Å². The lowest BCUT2D eigenvalue weighted by Gasteiger charge is -2.31. The van der Waals surface area contributed by atoms with E-state index in [4.69, 9.17) is 4.74 Å². The fourth-order valence-corrected chi connectivity index (χ4v) is 8.21. The fourth-order valence-electron chi connectivity index (χ4n) is 5.18. The van der Waals surface area contributed by atoms with Crippen LogP contribution in [0.25, 0.3) is 0 Å². The van der Waals surface area contributed by atoms with Crippen LogP contribution in [0.2, 0.25) is 0 Å². The minimum absolute atomic E-state index is 0.147. The Bertz CT molecular complexity index is 1480. The number of aromatic nitrogens is 1. The van der Waals surface area contributed by atoms with Crippen LogP contribution in [-0.4, -0.2) is 58.7 Å². The predicted molar refractivity (Wildman–Crippen MR) is 144 cm³/mol. The van der Waals surface area contributed by atoms with Crippen LogP contribution < -0.4 is 9.77 Å². The zero-order valence-electron chi connectivity index (χ0n) is 19.8. The Morgan fingerprint density at radius 1 is 1.00 bits per heavy atom. The van der Waals surface area contributed by atoms with Crippen molar-refractivity contribution in [2.75, 3.05) is 31.2 Å². The molecule has 38 heavy (non-hydrogen) atoms. The third-order valence-corrected chi connectivity index (χ3v) is 10.2. The summed E-state index contributed by atoms with van der Waals surface area (Å²) in [4.78, 5) is 56.9. The van der Waals surface area contributed by atoms with Gasteiger partial charge < -0.3 is 9.64 Å². The van der Waals surface area contributed by atoms with E-state index in [1.165, 1.54) is 28.8 Å². The average Bonchev–Trinajstić information content (AvgIpc) is 3.36. The third kappa shape index (κ3) is 4.33. The van der Waals surface area contributed by atoms with E-state index in [2.05, 4.69) is 15.9 Å². The maximum Gasteiger partial charge on any atom is 0.308 e. The van der Waals surface area contributed by atoms with Crippen LogP contribution >= 0.6 is 39.0 Å². The van der Waals surface area contributed by atoms with Crippen molar-refractivity contribution < 1.29 is 23.5 Å². The van der Waals surface area contributed by atoms with Gasteiger partial charge >= 0.3 is 4.87 Å². The van der Waals surface area contributed by atoms with Gasteiger partial charge in [0.2, 0.25) is 17.7 Å². The van der Waals surface area contributed by atoms with Crippen molar-refractivity contribution in [3.05, 3.63) is 78.9 Å². The van der Waals surface area contributed by atoms with Crippen LogP contribution in [0.15, 0.2) is 62.8 Å². The number of benzene rings is 2. The van der Waals surface area contributed by atoms with Gasteiger partial charge in [-0.05, 0) is 42.0 Å². The molecule has 2 fully saturated rings. The standard InChI is InChI=1S/C26H21BrFN3O5S2/c27-15-3-1-14(2-4-15)19-20-21(24(34)31(23(20)33)17-7-5-16(28)6-8-17)37-25-22(19)38-26(35)30(25)13-18(32)29-9-11-36-12-10-29/h1-8,19-21H,9-13H2/t19-,20-,21+/m0/s1. The first-order valence-electron chi connectivity index (χ1n) is 12.0. The molecule has 0 radical (unpaired) electrons. The van der Waals surface area contributed by atoms with E-state index < -0.39 is 34.7 Å². The predicted octanol–water partition coefficient (Wildman–Crippen LogP) is 3.47. The summed E-state index contributed by atoms with van der Waals surface area (Å²) in [5.41, 5.74) is 1.09. The number of thiazole rings is 1. The number of carbonyl (C=O) groups is 3. The summed E-state index contributed by atoms with van der Waals surface area (Å²) in [7, 11) is 0. The maximum atomic E-state index is 13.8. The van der Waals surface area contributed by atoms with Crippen molar-refractivity contribution in [3.63, 3.8) is 0 Å². The molecule has 0 aliphatic carbocycles. The quantitative estimate of drug-likeness (QED) is 0.417. The van der Waals surface area contributed by atoms with Crippen molar-refractivity contribution >= 4 is 62.4 Å². The lowest BCUT2D eigenvalue weighted by Crippen LogP contribution is -2.43. The molecule has 0 N–H and O–H groups in total. The van der Waals surface area contributed by atoms with E-state index in [1.807, 2.05) is 24.3 Å². The number of carbonyl (C=O) groups excluding carboxylic acids is 3. The summed E-state index contributed by atoms with van der Waals surface area (Å²) in [6.45, 7) is 1.66.